The molecular weight excluding hydrogens is 146 g/mol. The van der Waals surface area contributed by atoms with Gasteiger partial charge in [0.05, 0.1) is 0 Å². The zero-order chi connectivity index (χ0) is 8.97. The Morgan fingerprint density at radius 2 is 1.83 bits per heavy atom. The number of hydrogen-bond acceptors (Lipinski definition) is 1. The summed E-state index contributed by atoms with van der Waals surface area (Å²) in [5.41, 5.74) is 0. The van der Waals surface area contributed by atoms with E-state index in [9.17, 15) is 0 Å². The van der Waals surface area contributed by atoms with Crippen LogP contribution in [0, 0.1) is 11.8 Å². The molecule has 72 valence electrons. The molecule has 0 aromatic heterocycles. The van der Waals surface area contributed by atoms with Crippen LogP contribution < -0.4 is 5.32 Å². The van der Waals surface area contributed by atoms with Crippen LogP contribution in [-0.4, -0.2) is 13.1 Å². The molecule has 1 nitrogen and oxygen atoms in total. The second-order valence-electron chi connectivity index (χ2n) is 4.51. The van der Waals surface area contributed by atoms with E-state index < -0.39 is 0 Å². The van der Waals surface area contributed by atoms with Crippen molar-refractivity contribution in [3.05, 3.63) is 0 Å². The van der Waals surface area contributed by atoms with E-state index in [2.05, 4.69) is 26.2 Å². The maximum atomic E-state index is 3.43. The van der Waals surface area contributed by atoms with Crippen molar-refractivity contribution in [2.45, 2.75) is 52.0 Å². The average molecular weight is 169 g/mol. The summed E-state index contributed by atoms with van der Waals surface area (Å²) in [6.45, 7) is 4.73. The SMILES string of the molecule is CN[C@@H]1CCCC[C@@H](C(C)C)C1. The van der Waals surface area contributed by atoms with E-state index in [-0.39, 0.29) is 0 Å². The van der Waals surface area contributed by atoms with Gasteiger partial charge in [0.15, 0.2) is 0 Å². The molecule has 0 radical (unpaired) electrons. The van der Waals surface area contributed by atoms with Gasteiger partial charge in [-0.05, 0) is 31.7 Å². The molecule has 0 saturated heterocycles. The van der Waals surface area contributed by atoms with Crippen LogP contribution in [-0.2, 0) is 0 Å². The summed E-state index contributed by atoms with van der Waals surface area (Å²) in [7, 11) is 2.10. The highest BCUT2D eigenvalue weighted by Gasteiger charge is 2.20. The van der Waals surface area contributed by atoms with Crippen molar-refractivity contribution in [1.29, 1.82) is 0 Å². The van der Waals surface area contributed by atoms with E-state index >= 15 is 0 Å². The third-order valence-corrected chi connectivity index (χ3v) is 3.32. The Labute approximate surface area is 76.9 Å². The largest absolute Gasteiger partial charge is 0.317 e. The van der Waals surface area contributed by atoms with Crippen LogP contribution in [0.25, 0.3) is 0 Å². The van der Waals surface area contributed by atoms with Crippen molar-refractivity contribution in [2.24, 2.45) is 11.8 Å². The maximum Gasteiger partial charge on any atom is 0.00668 e. The molecule has 1 N–H and O–H groups in total. The van der Waals surface area contributed by atoms with Crippen molar-refractivity contribution in [2.75, 3.05) is 7.05 Å². The fourth-order valence-electron chi connectivity index (χ4n) is 2.27. The molecule has 0 bridgehead atoms. The highest BCUT2D eigenvalue weighted by Crippen LogP contribution is 2.28. The van der Waals surface area contributed by atoms with Gasteiger partial charge in [-0.2, -0.15) is 0 Å². The monoisotopic (exact) mass is 169 g/mol. The summed E-state index contributed by atoms with van der Waals surface area (Å²) >= 11 is 0. The van der Waals surface area contributed by atoms with Crippen LogP contribution in [0.4, 0.5) is 0 Å². The Bertz CT molecular complexity index is 120. The van der Waals surface area contributed by atoms with Gasteiger partial charge in [0.1, 0.15) is 0 Å². The van der Waals surface area contributed by atoms with Gasteiger partial charge in [-0.1, -0.05) is 33.1 Å². The highest BCUT2D eigenvalue weighted by molar-refractivity contribution is 4.76. The van der Waals surface area contributed by atoms with Crippen LogP contribution in [0.2, 0.25) is 0 Å². The quantitative estimate of drug-likeness (QED) is 0.627. The molecule has 0 aromatic rings. The first kappa shape index (κ1) is 10.0. The van der Waals surface area contributed by atoms with E-state index in [0.717, 1.165) is 17.9 Å². The van der Waals surface area contributed by atoms with Crippen molar-refractivity contribution in [3.8, 4) is 0 Å². The molecule has 1 heteroatoms. The summed E-state index contributed by atoms with van der Waals surface area (Å²) in [6.07, 6.45) is 7.11. The summed E-state index contributed by atoms with van der Waals surface area (Å²) in [5, 5.41) is 3.43. The second kappa shape index (κ2) is 4.86. The minimum atomic E-state index is 0.792. The predicted octanol–water partition coefficient (Wildman–Crippen LogP) is 2.81. The van der Waals surface area contributed by atoms with Crippen LogP contribution in [0.3, 0.4) is 0 Å². The first-order valence-corrected chi connectivity index (χ1v) is 5.41. The van der Waals surface area contributed by atoms with Crippen LogP contribution in [0.15, 0.2) is 0 Å². The first-order chi connectivity index (χ1) is 5.74. The van der Waals surface area contributed by atoms with E-state index in [0.29, 0.717) is 0 Å². The molecule has 1 aliphatic carbocycles. The van der Waals surface area contributed by atoms with Gasteiger partial charge in [-0.3, -0.25) is 0 Å². The van der Waals surface area contributed by atoms with Gasteiger partial charge in [0, 0.05) is 6.04 Å². The Morgan fingerprint density at radius 1 is 1.17 bits per heavy atom. The zero-order valence-electron chi connectivity index (χ0n) is 8.77. The third-order valence-electron chi connectivity index (χ3n) is 3.32. The van der Waals surface area contributed by atoms with Gasteiger partial charge in [-0.25, -0.2) is 0 Å². The molecule has 0 amide bonds. The van der Waals surface area contributed by atoms with Gasteiger partial charge in [0.2, 0.25) is 0 Å². The molecule has 1 rings (SSSR count). The third kappa shape index (κ3) is 2.78. The van der Waals surface area contributed by atoms with Gasteiger partial charge < -0.3 is 5.32 Å². The number of hydrogen-bond donors (Lipinski definition) is 1. The van der Waals surface area contributed by atoms with Gasteiger partial charge in [-0.15, -0.1) is 0 Å². The lowest BCUT2D eigenvalue weighted by Crippen LogP contribution is -2.27. The second-order valence-corrected chi connectivity index (χ2v) is 4.51. The first-order valence-electron chi connectivity index (χ1n) is 5.41. The molecule has 2 atom stereocenters. The molecule has 1 saturated carbocycles. The zero-order valence-corrected chi connectivity index (χ0v) is 8.77. The Kier molecular flexibility index (Phi) is 4.07. The Balaban J connectivity index is 2.42. The van der Waals surface area contributed by atoms with Crippen LogP contribution in [0.1, 0.15) is 46.0 Å². The fourth-order valence-corrected chi connectivity index (χ4v) is 2.27. The minimum Gasteiger partial charge on any atom is -0.317 e. The van der Waals surface area contributed by atoms with Crippen LogP contribution in [0.5, 0.6) is 0 Å². The van der Waals surface area contributed by atoms with Crippen molar-refractivity contribution in [3.63, 3.8) is 0 Å². The Morgan fingerprint density at radius 3 is 2.42 bits per heavy atom. The van der Waals surface area contributed by atoms with Gasteiger partial charge >= 0.3 is 0 Å². The molecule has 0 aliphatic heterocycles. The van der Waals surface area contributed by atoms with Crippen molar-refractivity contribution in [1.82, 2.24) is 5.32 Å². The highest BCUT2D eigenvalue weighted by atomic mass is 14.9. The topological polar surface area (TPSA) is 12.0 Å². The normalized spacial score (nSPS) is 32.0. The lowest BCUT2D eigenvalue weighted by atomic mass is 9.87. The smallest absolute Gasteiger partial charge is 0.00668 e. The van der Waals surface area contributed by atoms with E-state index in [1.165, 1.54) is 32.1 Å². The van der Waals surface area contributed by atoms with Crippen molar-refractivity contribution < 1.29 is 0 Å². The molecule has 0 heterocycles. The average Bonchev–Trinajstić information content (AvgIpc) is 2.28. The summed E-state index contributed by atoms with van der Waals surface area (Å²) in [6, 6.07) is 0.792. The lowest BCUT2D eigenvalue weighted by molar-refractivity contribution is 0.315. The predicted molar refractivity (Wildman–Crippen MR) is 54.3 cm³/mol. The van der Waals surface area contributed by atoms with Crippen LogP contribution >= 0.6 is 0 Å². The van der Waals surface area contributed by atoms with E-state index in [4.69, 9.17) is 0 Å². The number of nitrogens with one attached hydrogen (secondary N) is 1. The molecule has 1 fully saturated rings. The molecule has 12 heavy (non-hydrogen) atoms. The van der Waals surface area contributed by atoms with E-state index in [1.54, 1.807) is 0 Å². The molecule has 1 aliphatic rings. The number of rotatable bonds is 2. The standard InChI is InChI=1S/C11H23N/c1-9(2)10-6-4-5-7-11(8-10)12-3/h9-12H,4-8H2,1-3H3/t10-,11-/m1/s1. The van der Waals surface area contributed by atoms with Gasteiger partial charge in [0.25, 0.3) is 0 Å². The summed E-state index contributed by atoms with van der Waals surface area (Å²) in [5.74, 6) is 1.84. The Hall–Kier alpha value is -0.0400. The lowest BCUT2D eigenvalue weighted by Gasteiger charge is -2.22. The fraction of sp³-hybridized carbons (Fsp3) is 1.00. The molecular formula is C11H23N. The molecule has 0 unspecified atom stereocenters. The maximum absolute atomic E-state index is 3.43. The summed E-state index contributed by atoms with van der Waals surface area (Å²) < 4.78 is 0. The summed E-state index contributed by atoms with van der Waals surface area (Å²) in [4.78, 5) is 0. The van der Waals surface area contributed by atoms with Crippen molar-refractivity contribution >= 4 is 0 Å². The molecule has 0 aromatic carbocycles. The molecule has 0 spiro atoms. The minimum absolute atomic E-state index is 0.792. The van der Waals surface area contributed by atoms with E-state index in [1.807, 2.05) is 0 Å².